The highest BCUT2D eigenvalue weighted by Gasteiger charge is 2.17. The quantitative estimate of drug-likeness (QED) is 0.897. The smallest absolute Gasteiger partial charge is 0.122 e. The van der Waals surface area contributed by atoms with Crippen LogP contribution in [-0.4, -0.2) is 27.5 Å². The fraction of sp³-hybridized carbons (Fsp3) is 0.438. The highest BCUT2D eigenvalue weighted by Crippen LogP contribution is 2.19. The standard InChI is InChI=1S/C16H20N4/c1-2-14-3-4-17-10-15(14)9-13(1)11-19-7-8-20-6-5-18-16(20)12-19/h1-2,5-6,9,17H,3-4,7-8,10-12H2. The predicted octanol–water partition coefficient (Wildman–Crippen LogP) is 1.54. The number of nitrogens with zero attached hydrogens (tertiary/aromatic N) is 3. The minimum Gasteiger partial charge on any atom is -0.333 e. The van der Waals surface area contributed by atoms with E-state index in [0.29, 0.717) is 0 Å². The molecule has 2 aliphatic heterocycles. The van der Waals surface area contributed by atoms with Crippen molar-refractivity contribution in [2.75, 3.05) is 13.1 Å². The maximum absolute atomic E-state index is 4.43. The van der Waals surface area contributed by atoms with Gasteiger partial charge < -0.3 is 9.88 Å². The zero-order valence-corrected chi connectivity index (χ0v) is 11.7. The molecule has 0 amide bonds. The number of rotatable bonds is 2. The van der Waals surface area contributed by atoms with Crippen LogP contribution in [0.3, 0.4) is 0 Å². The molecule has 0 atom stereocenters. The molecule has 0 spiro atoms. The van der Waals surface area contributed by atoms with Crippen LogP contribution in [0.2, 0.25) is 0 Å². The van der Waals surface area contributed by atoms with E-state index in [-0.39, 0.29) is 0 Å². The summed E-state index contributed by atoms with van der Waals surface area (Å²) in [6.45, 7) is 6.29. The van der Waals surface area contributed by atoms with E-state index in [1.807, 2.05) is 6.20 Å². The maximum atomic E-state index is 4.43. The molecular weight excluding hydrogens is 248 g/mol. The van der Waals surface area contributed by atoms with E-state index >= 15 is 0 Å². The summed E-state index contributed by atoms with van der Waals surface area (Å²) in [5.74, 6) is 1.19. The van der Waals surface area contributed by atoms with Gasteiger partial charge in [0.05, 0.1) is 6.54 Å². The molecule has 0 unspecified atom stereocenters. The van der Waals surface area contributed by atoms with Gasteiger partial charge in [-0.05, 0) is 29.7 Å². The molecule has 0 bridgehead atoms. The van der Waals surface area contributed by atoms with Gasteiger partial charge in [-0.1, -0.05) is 18.2 Å². The Morgan fingerprint density at radius 2 is 2.20 bits per heavy atom. The average molecular weight is 268 g/mol. The summed E-state index contributed by atoms with van der Waals surface area (Å²) < 4.78 is 2.26. The van der Waals surface area contributed by atoms with Crippen LogP contribution >= 0.6 is 0 Å². The van der Waals surface area contributed by atoms with Gasteiger partial charge in [0.15, 0.2) is 0 Å². The molecule has 2 aliphatic rings. The molecule has 4 nitrogen and oxygen atoms in total. The lowest BCUT2D eigenvalue weighted by molar-refractivity contribution is 0.209. The highest BCUT2D eigenvalue weighted by molar-refractivity contribution is 5.33. The van der Waals surface area contributed by atoms with Gasteiger partial charge in [0.2, 0.25) is 0 Å². The van der Waals surface area contributed by atoms with Crippen molar-refractivity contribution in [3.8, 4) is 0 Å². The van der Waals surface area contributed by atoms with Gasteiger partial charge in [-0.15, -0.1) is 0 Å². The van der Waals surface area contributed by atoms with Crippen LogP contribution in [0.1, 0.15) is 22.5 Å². The normalized spacial score (nSPS) is 18.6. The van der Waals surface area contributed by atoms with Crippen molar-refractivity contribution < 1.29 is 0 Å². The van der Waals surface area contributed by atoms with Crippen LogP contribution in [0.15, 0.2) is 30.6 Å². The van der Waals surface area contributed by atoms with E-state index in [1.54, 1.807) is 0 Å². The first-order chi connectivity index (χ1) is 9.88. The van der Waals surface area contributed by atoms with Gasteiger partial charge in [0.1, 0.15) is 5.82 Å². The molecule has 104 valence electrons. The van der Waals surface area contributed by atoms with Crippen LogP contribution < -0.4 is 5.32 Å². The second-order valence-corrected chi connectivity index (χ2v) is 5.78. The molecule has 0 fully saturated rings. The molecule has 0 aliphatic carbocycles. The summed E-state index contributed by atoms with van der Waals surface area (Å²) in [6.07, 6.45) is 5.15. The topological polar surface area (TPSA) is 33.1 Å². The largest absolute Gasteiger partial charge is 0.333 e. The fourth-order valence-corrected chi connectivity index (χ4v) is 3.25. The first-order valence-electron chi connectivity index (χ1n) is 7.42. The third-order valence-electron chi connectivity index (χ3n) is 4.39. The first kappa shape index (κ1) is 12.1. The summed E-state index contributed by atoms with van der Waals surface area (Å²) >= 11 is 0. The van der Waals surface area contributed by atoms with Crippen molar-refractivity contribution in [3.05, 3.63) is 53.1 Å². The molecule has 20 heavy (non-hydrogen) atoms. The predicted molar refractivity (Wildman–Crippen MR) is 78.2 cm³/mol. The van der Waals surface area contributed by atoms with Crippen LogP contribution in [0.5, 0.6) is 0 Å². The minimum atomic E-state index is 0.961. The van der Waals surface area contributed by atoms with Crippen LogP contribution in [-0.2, 0) is 32.6 Å². The lowest BCUT2D eigenvalue weighted by Crippen LogP contribution is -2.33. The number of benzene rings is 1. The van der Waals surface area contributed by atoms with Crippen molar-refractivity contribution in [2.45, 2.75) is 32.6 Å². The van der Waals surface area contributed by atoms with E-state index in [1.165, 1.54) is 22.5 Å². The van der Waals surface area contributed by atoms with Gasteiger partial charge in [-0.2, -0.15) is 0 Å². The fourth-order valence-electron chi connectivity index (χ4n) is 3.25. The molecule has 0 saturated heterocycles. The molecule has 2 aromatic rings. The maximum Gasteiger partial charge on any atom is 0.122 e. The Hall–Kier alpha value is -1.65. The van der Waals surface area contributed by atoms with E-state index in [2.05, 4.69) is 44.2 Å². The Morgan fingerprint density at radius 1 is 1.20 bits per heavy atom. The third kappa shape index (κ3) is 2.25. The lowest BCUT2D eigenvalue weighted by atomic mass is 9.98. The van der Waals surface area contributed by atoms with E-state index in [4.69, 9.17) is 0 Å². The second-order valence-electron chi connectivity index (χ2n) is 5.78. The van der Waals surface area contributed by atoms with E-state index in [0.717, 1.165) is 45.7 Å². The molecule has 0 radical (unpaired) electrons. The highest BCUT2D eigenvalue weighted by atomic mass is 15.2. The van der Waals surface area contributed by atoms with Gasteiger partial charge in [-0.3, -0.25) is 4.90 Å². The van der Waals surface area contributed by atoms with Crippen molar-refractivity contribution in [1.82, 2.24) is 19.8 Å². The van der Waals surface area contributed by atoms with Crippen molar-refractivity contribution in [3.63, 3.8) is 0 Å². The molecule has 3 heterocycles. The Bertz CT molecular complexity index is 617. The number of fused-ring (bicyclic) bond motifs is 2. The number of hydrogen-bond donors (Lipinski definition) is 1. The van der Waals surface area contributed by atoms with E-state index in [9.17, 15) is 0 Å². The van der Waals surface area contributed by atoms with E-state index < -0.39 is 0 Å². The molecule has 4 heteroatoms. The monoisotopic (exact) mass is 268 g/mol. The van der Waals surface area contributed by atoms with Crippen molar-refractivity contribution >= 4 is 0 Å². The number of hydrogen-bond acceptors (Lipinski definition) is 3. The van der Waals surface area contributed by atoms with Gasteiger partial charge in [-0.25, -0.2) is 4.98 Å². The molecule has 1 N–H and O–H groups in total. The summed E-state index contributed by atoms with van der Waals surface area (Å²) in [4.78, 5) is 6.92. The Kier molecular flexibility index (Phi) is 3.05. The van der Waals surface area contributed by atoms with Crippen LogP contribution in [0.25, 0.3) is 0 Å². The molecule has 4 rings (SSSR count). The Morgan fingerprint density at radius 3 is 3.20 bits per heavy atom. The second kappa shape index (κ2) is 5.04. The SMILES string of the molecule is c1cn2c(n1)CN(Cc1ccc3c(c1)CNCC3)CC2. The zero-order chi connectivity index (χ0) is 13.4. The summed E-state index contributed by atoms with van der Waals surface area (Å²) in [5.41, 5.74) is 4.42. The van der Waals surface area contributed by atoms with Gasteiger partial charge in [0, 0.05) is 38.6 Å². The minimum absolute atomic E-state index is 0.961. The number of nitrogens with one attached hydrogen (secondary N) is 1. The Balaban J connectivity index is 1.49. The number of aromatic nitrogens is 2. The summed E-state index contributed by atoms with van der Waals surface area (Å²) in [7, 11) is 0. The summed E-state index contributed by atoms with van der Waals surface area (Å²) in [5, 5.41) is 3.45. The van der Waals surface area contributed by atoms with Gasteiger partial charge in [0.25, 0.3) is 0 Å². The Labute approximate surface area is 119 Å². The third-order valence-corrected chi connectivity index (χ3v) is 4.39. The van der Waals surface area contributed by atoms with Crippen LogP contribution in [0.4, 0.5) is 0 Å². The number of imidazole rings is 1. The van der Waals surface area contributed by atoms with Gasteiger partial charge >= 0.3 is 0 Å². The molecule has 0 saturated carbocycles. The van der Waals surface area contributed by atoms with Crippen molar-refractivity contribution in [2.24, 2.45) is 0 Å². The summed E-state index contributed by atoms with van der Waals surface area (Å²) in [6, 6.07) is 6.99. The van der Waals surface area contributed by atoms with Crippen molar-refractivity contribution in [1.29, 1.82) is 0 Å². The van der Waals surface area contributed by atoms with Crippen LogP contribution in [0, 0.1) is 0 Å². The zero-order valence-electron chi connectivity index (χ0n) is 11.7. The lowest BCUT2D eigenvalue weighted by Gasteiger charge is -2.28. The average Bonchev–Trinajstić information content (AvgIpc) is 2.95. The first-order valence-corrected chi connectivity index (χ1v) is 7.42. The molecule has 1 aromatic carbocycles. The molecule has 1 aromatic heterocycles. The molecular formula is C16H20N4.